The third-order valence-corrected chi connectivity index (χ3v) is 4.02. The quantitative estimate of drug-likeness (QED) is 0.785. The number of hydrogen-bond acceptors (Lipinski definition) is 2. The zero-order valence-electron chi connectivity index (χ0n) is 13.8. The standard InChI is InChI=1S/C18H28N2O/c1-5-8-11-20-14(4)17(13-19-6-2)16-12-15(21-7-3)9-10-18(16)20/h9-10,12,19H,5-8,11,13H2,1-4H3. The van der Waals surface area contributed by atoms with Crippen molar-refractivity contribution in [2.45, 2.75) is 53.6 Å². The van der Waals surface area contributed by atoms with Crippen LogP contribution in [0.25, 0.3) is 10.9 Å². The predicted molar refractivity (Wildman–Crippen MR) is 90.1 cm³/mol. The van der Waals surface area contributed by atoms with Gasteiger partial charge in [0.25, 0.3) is 0 Å². The molecule has 3 nitrogen and oxygen atoms in total. The summed E-state index contributed by atoms with van der Waals surface area (Å²) in [5, 5.41) is 4.79. The number of rotatable bonds is 8. The number of aromatic nitrogens is 1. The number of benzene rings is 1. The van der Waals surface area contributed by atoms with Gasteiger partial charge in [0, 0.05) is 29.7 Å². The van der Waals surface area contributed by atoms with E-state index in [1.54, 1.807) is 0 Å². The topological polar surface area (TPSA) is 26.2 Å². The van der Waals surface area contributed by atoms with Crippen LogP contribution in [0.4, 0.5) is 0 Å². The maximum absolute atomic E-state index is 5.67. The SMILES string of the molecule is CCCCn1c(C)c(CNCC)c2cc(OCC)ccc21. The van der Waals surface area contributed by atoms with E-state index in [-0.39, 0.29) is 0 Å². The van der Waals surface area contributed by atoms with Crippen molar-refractivity contribution in [1.29, 1.82) is 0 Å². The molecule has 0 fully saturated rings. The van der Waals surface area contributed by atoms with Gasteiger partial charge in [-0.25, -0.2) is 0 Å². The van der Waals surface area contributed by atoms with Gasteiger partial charge >= 0.3 is 0 Å². The highest BCUT2D eigenvalue weighted by Crippen LogP contribution is 2.30. The Morgan fingerprint density at radius 1 is 1.19 bits per heavy atom. The van der Waals surface area contributed by atoms with Crippen LogP contribution in [0.3, 0.4) is 0 Å². The highest BCUT2D eigenvalue weighted by molar-refractivity contribution is 5.87. The highest BCUT2D eigenvalue weighted by atomic mass is 16.5. The van der Waals surface area contributed by atoms with Crippen LogP contribution in [0, 0.1) is 6.92 Å². The molecule has 1 heterocycles. The zero-order valence-corrected chi connectivity index (χ0v) is 13.8. The lowest BCUT2D eigenvalue weighted by molar-refractivity contribution is 0.340. The second-order valence-corrected chi connectivity index (χ2v) is 5.46. The molecule has 0 amide bonds. The maximum Gasteiger partial charge on any atom is 0.120 e. The van der Waals surface area contributed by atoms with Crippen molar-refractivity contribution in [3.05, 3.63) is 29.5 Å². The van der Waals surface area contributed by atoms with Crippen molar-refractivity contribution in [2.75, 3.05) is 13.2 Å². The summed E-state index contributed by atoms with van der Waals surface area (Å²) in [6.45, 7) is 12.4. The minimum Gasteiger partial charge on any atom is -0.494 e. The first-order chi connectivity index (χ1) is 10.2. The first kappa shape index (κ1) is 15.9. The Labute approximate surface area is 128 Å². The Balaban J connectivity index is 2.49. The van der Waals surface area contributed by atoms with Crippen LogP contribution in [0.1, 0.15) is 44.9 Å². The monoisotopic (exact) mass is 288 g/mol. The fourth-order valence-corrected chi connectivity index (χ4v) is 2.86. The van der Waals surface area contributed by atoms with Crippen molar-refractivity contribution >= 4 is 10.9 Å². The summed E-state index contributed by atoms with van der Waals surface area (Å²) >= 11 is 0. The van der Waals surface area contributed by atoms with E-state index in [9.17, 15) is 0 Å². The average Bonchev–Trinajstić information content (AvgIpc) is 2.75. The number of unbranched alkanes of at least 4 members (excludes halogenated alkanes) is 1. The fraction of sp³-hybridized carbons (Fsp3) is 0.556. The number of nitrogens with zero attached hydrogens (tertiary/aromatic N) is 1. The maximum atomic E-state index is 5.67. The van der Waals surface area contributed by atoms with Crippen LogP contribution in [-0.2, 0) is 13.1 Å². The minimum atomic E-state index is 0.712. The zero-order chi connectivity index (χ0) is 15.2. The third kappa shape index (κ3) is 3.41. The second-order valence-electron chi connectivity index (χ2n) is 5.46. The summed E-state index contributed by atoms with van der Waals surface area (Å²) in [5.41, 5.74) is 4.12. The molecule has 116 valence electrons. The van der Waals surface area contributed by atoms with Crippen LogP contribution in [-0.4, -0.2) is 17.7 Å². The molecule has 0 saturated heterocycles. The lowest BCUT2D eigenvalue weighted by Gasteiger charge is -2.08. The summed E-state index contributed by atoms with van der Waals surface area (Å²) in [6.07, 6.45) is 2.44. The molecular formula is C18H28N2O. The summed E-state index contributed by atoms with van der Waals surface area (Å²) in [5.74, 6) is 0.968. The van der Waals surface area contributed by atoms with Crippen LogP contribution in [0.5, 0.6) is 5.75 Å². The first-order valence-corrected chi connectivity index (χ1v) is 8.18. The van der Waals surface area contributed by atoms with Crippen molar-refractivity contribution in [1.82, 2.24) is 9.88 Å². The number of aryl methyl sites for hydroxylation is 1. The Morgan fingerprint density at radius 2 is 2.00 bits per heavy atom. The molecule has 1 aromatic heterocycles. The van der Waals surface area contributed by atoms with Gasteiger partial charge in [-0.3, -0.25) is 0 Å². The number of ether oxygens (including phenoxy) is 1. The van der Waals surface area contributed by atoms with E-state index in [0.29, 0.717) is 6.61 Å². The van der Waals surface area contributed by atoms with Crippen LogP contribution in [0.2, 0.25) is 0 Å². The lowest BCUT2D eigenvalue weighted by atomic mass is 10.1. The van der Waals surface area contributed by atoms with Gasteiger partial charge in [0.1, 0.15) is 5.75 Å². The van der Waals surface area contributed by atoms with Crippen LogP contribution >= 0.6 is 0 Å². The highest BCUT2D eigenvalue weighted by Gasteiger charge is 2.14. The molecule has 21 heavy (non-hydrogen) atoms. The Kier molecular flexibility index (Phi) is 5.68. The first-order valence-electron chi connectivity index (χ1n) is 8.18. The second kappa shape index (κ2) is 7.51. The molecule has 0 bridgehead atoms. The smallest absolute Gasteiger partial charge is 0.120 e. The van der Waals surface area contributed by atoms with Crippen molar-refractivity contribution < 1.29 is 4.74 Å². The molecule has 1 aromatic carbocycles. The van der Waals surface area contributed by atoms with Crippen molar-refractivity contribution in [3.8, 4) is 5.75 Å². The molecule has 0 unspecified atom stereocenters. The molecule has 0 aliphatic rings. The van der Waals surface area contributed by atoms with Gasteiger partial charge in [0.15, 0.2) is 0 Å². The lowest BCUT2D eigenvalue weighted by Crippen LogP contribution is -2.12. The van der Waals surface area contributed by atoms with Gasteiger partial charge in [0.2, 0.25) is 0 Å². The van der Waals surface area contributed by atoms with E-state index in [1.807, 2.05) is 6.92 Å². The molecule has 0 aliphatic heterocycles. The normalized spacial score (nSPS) is 11.2. The van der Waals surface area contributed by atoms with Crippen LogP contribution in [0.15, 0.2) is 18.2 Å². The van der Waals surface area contributed by atoms with Crippen molar-refractivity contribution in [3.63, 3.8) is 0 Å². The molecular weight excluding hydrogens is 260 g/mol. The van der Waals surface area contributed by atoms with Gasteiger partial charge in [-0.15, -0.1) is 0 Å². The Morgan fingerprint density at radius 3 is 2.67 bits per heavy atom. The summed E-state index contributed by atoms with van der Waals surface area (Å²) in [4.78, 5) is 0. The minimum absolute atomic E-state index is 0.712. The summed E-state index contributed by atoms with van der Waals surface area (Å²) < 4.78 is 8.13. The van der Waals surface area contributed by atoms with E-state index in [2.05, 4.69) is 48.9 Å². The summed E-state index contributed by atoms with van der Waals surface area (Å²) in [7, 11) is 0. The van der Waals surface area contributed by atoms with Gasteiger partial charge in [-0.2, -0.15) is 0 Å². The molecule has 3 heteroatoms. The van der Waals surface area contributed by atoms with E-state index in [0.717, 1.165) is 25.4 Å². The largest absolute Gasteiger partial charge is 0.494 e. The van der Waals surface area contributed by atoms with Gasteiger partial charge in [0.05, 0.1) is 6.61 Å². The molecule has 0 spiro atoms. The van der Waals surface area contributed by atoms with Gasteiger partial charge < -0.3 is 14.6 Å². The molecule has 1 N–H and O–H groups in total. The van der Waals surface area contributed by atoms with Crippen molar-refractivity contribution in [2.24, 2.45) is 0 Å². The molecule has 2 rings (SSSR count). The molecule has 0 atom stereocenters. The molecule has 0 saturated carbocycles. The van der Waals surface area contributed by atoms with Crippen LogP contribution < -0.4 is 10.1 Å². The van der Waals surface area contributed by atoms with E-state index >= 15 is 0 Å². The molecule has 0 aliphatic carbocycles. The third-order valence-electron chi connectivity index (χ3n) is 4.02. The van der Waals surface area contributed by atoms with E-state index in [4.69, 9.17) is 4.74 Å². The molecule has 2 aromatic rings. The van der Waals surface area contributed by atoms with E-state index < -0.39 is 0 Å². The number of fused-ring (bicyclic) bond motifs is 1. The predicted octanol–water partition coefficient (Wildman–Crippen LogP) is 4.26. The molecule has 0 radical (unpaired) electrons. The fourth-order valence-electron chi connectivity index (χ4n) is 2.86. The van der Waals surface area contributed by atoms with Gasteiger partial charge in [-0.1, -0.05) is 20.3 Å². The number of hydrogen-bond donors (Lipinski definition) is 1. The Hall–Kier alpha value is -1.48. The van der Waals surface area contributed by atoms with Gasteiger partial charge in [-0.05, 0) is 50.6 Å². The Bertz CT molecular complexity index is 586. The summed E-state index contributed by atoms with van der Waals surface area (Å²) in [6, 6.07) is 6.49. The van der Waals surface area contributed by atoms with E-state index in [1.165, 1.54) is 35.0 Å². The number of nitrogens with one attached hydrogen (secondary N) is 1. The average molecular weight is 288 g/mol.